The van der Waals surface area contributed by atoms with E-state index in [1.54, 1.807) is 12.1 Å². The SMILES string of the molecule is CC(NC(=O)C1CCCC2CNNC21)c1ccc(C#N)cc1. The van der Waals surface area contributed by atoms with Crippen molar-refractivity contribution in [2.45, 2.75) is 38.3 Å². The molecule has 0 radical (unpaired) electrons. The highest BCUT2D eigenvalue weighted by Gasteiger charge is 2.40. The molecular weight excluding hydrogens is 276 g/mol. The lowest BCUT2D eigenvalue weighted by molar-refractivity contribution is -0.127. The molecule has 5 heteroatoms. The number of amides is 1. The van der Waals surface area contributed by atoms with Crippen LogP contribution in [0.5, 0.6) is 0 Å². The fourth-order valence-electron chi connectivity index (χ4n) is 3.59. The van der Waals surface area contributed by atoms with E-state index in [-0.39, 0.29) is 23.9 Å². The summed E-state index contributed by atoms with van der Waals surface area (Å²) in [6.07, 6.45) is 3.26. The second-order valence-corrected chi connectivity index (χ2v) is 6.31. The van der Waals surface area contributed by atoms with Crippen LogP contribution in [0.1, 0.15) is 43.4 Å². The molecule has 1 aromatic rings. The van der Waals surface area contributed by atoms with Gasteiger partial charge in [0.05, 0.1) is 23.6 Å². The lowest BCUT2D eigenvalue weighted by Crippen LogP contribution is -2.48. The van der Waals surface area contributed by atoms with Gasteiger partial charge in [0.1, 0.15) is 0 Å². The van der Waals surface area contributed by atoms with Crippen molar-refractivity contribution in [3.8, 4) is 6.07 Å². The molecule has 0 aromatic heterocycles. The van der Waals surface area contributed by atoms with Crippen LogP contribution in [0.15, 0.2) is 24.3 Å². The minimum Gasteiger partial charge on any atom is -0.349 e. The summed E-state index contributed by atoms with van der Waals surface area (Å²) in [5.74, 6) is 0.729. The lowest BCUT2D eigenvalue weighted by atomic mass is 9.77. The molecular formula is C17H22N4O. The molecule has 0 bridgehead atoms. The van der Waals surface area contributed by atoms with E-state index in [1.165, 1.54) is 6.42 Å². The van der Waals surface area contributed by atoms with Crippen LogP contribution < -0.4 is 16.2 Å². The maximum atomic E-state index is 12.6. The number of hydrogen-bond donors (Lipinski definition) is 3. The smallest absolute Gasteiger partial charge is 0.225 e. The maximum Gasteiger partial charge on any atom is 0.225 e. The molecule has 2 aliphatic rings. The topological polar surface area (TPSA) is 77.0 Å². The van der Waals surface area contributed by atoms with Gasteiger partial charge in [-0.3, -0.25) is 15.6 Å². The molecule has 0 spiro atoms. The zero-order valence-electron chi connectivity index (χ0n) is 12.8. The molecule has 1 saturated heterocycles. The highest BCUT2D eigenvalue weighted by molar-refractivity contribution is 5.80. The number of nitrogens with one attached hydrogen (secondary N) is 3. The van der Waals surface area contributed by atoms with Gasteiger partial charge < -0.3 is 5.32 Å². The minimum absolute atomic E-state index is 0.0366. The maximum absolute atomic E-state index is 12.6. The molecule has 3 rings (SSSR count). The third-order valence-corrected chi connectivity index (χ3v) is 4.90. The molecule has 4 unspecified atom stereocenters. The first kappa shape index (κ1) is 15.0. The van der Waals surface area contributed by atoms with Gasteiger partial charge >= 0.3 is 0 Å². The molecule has 5 nitrogen and oxygen atoms in total. The molecule has 116 valence electrons. The van der Waals surface area contributed by atoms with Gasteiger partial charge in [0, 0.05) is 12.6 Å². The van der Waals surface area contributed by atoms with Gasteiger partial charge in [0.15, 0.2) is 0 Å². The van der Waals surface area contributed by atoms with Crippen LogP contribution in [0.2, 0.25) is 0 Å². The molecule has 4 atom stereocenters. The van der Waals surface area contributed by atoms with E-state index in [0.717, 1.165) is 24.9 Å². The second-order valence-electron chi connectivity index (χ2n) is 6.31. The molecule has 22 heavy (non-hydrogen) atoms. The Morgan fingerprint density at radius 3 is 2.86 bits per heavy atom. The lowest BCUT2D eigenvalue weighted by Gasteiger charge is -2.32. The molecule has 1 aliphatic heterocycles. The van der Waals surface area contributed by atoms with Crippen LogP contribution >= 0.6 is 0 Å². The molecule has 1 heterocycles. The number of nitrogens with zero attached hydrogens (tertiary/aromatic N) is 1. The van der Waals surface area contributed by atoms with Crippen molar-refractivity contribution in [1.82, 2.24) is 16.2 Å². The number of hydrogen-bond acceptors (Lipinski definition) is 4. The van der Waals surface area contributed by atoms with E-state index >= 15 is 0 Å². The summed E-state index contributed by atoms with van der Waals surface area (Å²) >= 11 is 0. The van der Waals surface area contributed by atoms with Gasteiger partial charge in [-0.25, -0.2) is 0 Å². The first-order valence-electron chi connectivity index (χ1n) is 7.98. The molecule has 1 saturated carbocycles. The monoisotopic (exact) mass is 298 g/mol. The summed E-state index contributed by atoms with van der Waals surface area (Å²) in [5.41, 5.74) is 8.12. The number of carbonyl (C=O) groups excluding carboxylic acids is 1. The summed E-state index contributed by atoms with van der Waals surface area (Å²) < 4.78 is 0. The first-order chi connectivity index (χ1) is 10.7. The van der Waals surface area contributed by atoms with E-state index < -0.39 is 0 Å². The number of hydrazine groups is 1. The van der Waals surface area contributed by atoms with Gasteiger partial charge in [0.2, 0.25) is 5.91 Å². The normalized spacial score (nSPS) is 28.5. The van der Waals surface area contributed by atoms with E-state index in [4.69, 9.17) is 5.26 Å². The summed E-state index contributed by atoms with van der Waals surface area (Å²) in [6.45, 7) is 2.94. The van der Waals surface area contributed by atoms with Crippen LogP contribution in [-0.4, -0.2) is 18.5 Å². The zero-order chi connectivity index (χ0) is 15.5. The van der Waals surface area contributed by atoms with Crippen LogP contribution in [0.4, 0.5) is 0 Å². The number of carbonyl (C=O) groups is 1. The highest BCUT2D eigenvalue weighted by atomic mass is 16.2. The van der Waals surface area contributed by atoms with Gasteiger partial charge in [0.25, 0.3) is 0 Å². The Balaban J connectivity index is 1.64. The molecule has 1 aromatic carbocycles. The van der Waals surface area contributed by atoms with E-state index in [1.807, 2.05) is 19.1 Å². The van der Waals surface area contributed by atoms with E-state index in [2.05, 4.69) is 22.2 Å². The number of rotatable bonds is 3. The predicted molar refractivity (Wildman–Crippen MR) is 83.5 cm³/mol. The van der Waals surface area contributed by atoms with Crippen LogP contribution in [0.25, 0.3) is 0 Å². The Morgan fingerprint density at radius 1 is 1.36 bits per heavy atom. The Morgan fingerprint density at radius 2 is 2.14 bits per heavy atom. The van der Waals surface area contributed by atoms with Crippen molar-refractivity contribution >= 4 is 5.91 Å². The van der Waals surface area contributed by atoms with Crippen LogP contribution in [0, 0.1) is 23.2 Å². The Bertz CT molecular complexity index is 577. The third kappa shape index (κ3) is 2.99. The fourth-order valence-corrected chi connectivity index (χ4v) is 3.59. The molecule has 3 N–H and O–H groups in total. The Kier molecular flexibility index (Phi) is 4.41. The van der Waals surface area contributed by atoms with Crippen molar-refractivity contribution in [1.29, 1.82) is 5.26 Å². The van der Waals surface area contributed by atoms with Gasteiger partial charge in [-0.15, -0.1) is 0 Å². The molecule has 1 amide bonds. The van der Waals surface area contributed by atoms with Crippen molar-refractivity contribution in [3.63, 3.8) is 0 Å². The van der Waals surface area contributed by atoms with Crippen molar-refractivity contribution in [2.75, 3.05) is 6.54 Å². The molecule has 2 fully saturated rings. The van der Waals surface area contributed by atoms with E-state index in [0.29, 0.717) is 11.5 Å². The summed E-state index contributed by atoms with van der Waals surface area (Å²) in [7, 11) is 0. The minimum atomic E-state index is -0.0463. The quantitative estimate of drug-likeness (QED) is 0.792. The first-order valence-corrected chi connectivity index (χ1v) is 7.98. The van der Waals surface area contributed by atoms with Gasteiger partial charge in [-0.2, -0.15) is 5.26 Å². The average molecular weight is 298 g/mol. The second kappa shape index (κ2) is 6.47. The third-order valence-electron chi connectivity index (χ3n) is 4.90. The number of fused-ring (bicyclic) bond motifs is 1. The van der Waals surface area contributed by atoms with Gasteiger partial charge in [-0.05, 0) is 43.4 Å². The van der Waals surface area contributed by atoms with Crippen molar-refractivity contribution in [2.24, 2.45) is 11.8 Å². The summed E-state index contributed by atoms with van der Waals surface area (Å²) in [5, 5.41) is 12.0. The van der Waals surface area contributed by atoms with Crippen molar-refractivity contribution < 1.29 is 4.79 Å². The Hall–Kier alpha value is -1.90. The largest absolute Gasteiger partial charge is 0.349 e. The molecule has 1 aliphatic carbocycles. The Labute approximate surface area is 131 Å². The fraction of sp³-hybridized carbons (Fsp3) is 0.529. The standard InChI is InChI=1S/C17H22N4O/c1-11(13-7-5-12(9-18)6-8-13)20-17(22)15-4-2-3-14-10-19-21-16(14)15/h5-8,11,14-16,19,21H,2-4,10H2,1H3,(H,20,22). The van der Waals surface area contributed by atoms with Crippen LogP contribution in [0.3, 0.4) is 0 Å². The van der Waals surface area contributed by atoms with E-state index in [9.17, 15) is 4.79 Å². The van der Waals surface area contributed by atoms with Crippen LogP contribution in [-0.2, 0) is 4.79 Å². The average Bonchev–Trinajstić information content (AvgIpc) is 3.03. The summed E-state index contributed by atoms with van der Waals surface area (Å²) in [4.78, 5) is 12.6. The van der Waals surface area contributed by atoms with Gasteiger partial charge in [-0.1, -0.05) is 18.6 Å². The zero-order valence-corrected chi connectivity index (χ0v) is 12.8. The predicted octanol–water partition coefficient (Wildman–Crippen LogP) is 1.63. The highest BCUT2D eigenvalue weighted by Crippen LogP contribution is 2.31. The summed E-state index contributed by atoms with van der Waals surface area (Å²) in [6, 6.07) is 9.70. The number of nitriles is 1. The van der Waals surface area contributed by atoms with Crippen molar-refractivity contribution in [3.05, 3.63) is 35.4 Å². The number of benzene rings is 1.